The van der Waals surface area contributed by atoms with Gasteiger partial charge in [0.25, 0.3) is 0 Å². The van der Waals surface area contributed by atoms with E-state index in [0.29, 0.717) is 0 Å². The Labute approximate surface area is 181 Å². The lowest BCUT2D eigenvalue weighted by atomic mass is 10.1. The summed E-state index contributed by atoms with van der Waals surface area (Å²) in [5.74, 6) is 0. The SMILES string of the molecule is CCOC(CCCCC=CCC=CCCCCCCCCNCCCN)OCC. The minimum atomic E-state index is -0.0135. The molecule has 0 fully saturated rings. The van der Waals surface area contributed by atoms with Crippen LogP contribution in [0.4, 0.5) is 0 Å². The van der Waals surface area contributed by atoms with E-state index in [9.17, 15) is 0 Å². The Morgan fingerprint density at radius 1 is 0.690 bits per heavy atom. The Hall–Kier alpha value is -0.680. The molecule has 3 N–H and O–H groups in total. The average molecular weight is 411 g/mol. The molecule has 0 bridgehead atoms. The maximum absolute atomic E-state index is 5.57. The highest BCUT2D eigenvalue weighted by molar-refractivity contribution is 4.92. The Kier molecular flexibility index (Phi) is 24.8. The van der Waals surface area contributed by atoms with Crippen LogP contribution in [0.5, 0.6) is 0 Å². The van der Waals surface area contributed by atoms with Crippen LogP contribution in [0.15, 0.2) is 24.3 Å². The monoisotopic (exact) mass is 410 g/mol. The summed E-state index contributed by atoms with van der Waals surface area (Å²) in [6.45, 7) is 8.51. The van der Waals surface area contributed by atoms with E-state index in [0.717, 1.165) is 65.0 Å². The van der Waals surface area contributed by atoms with Gasteiger partial charge in [-0.1, -0.05) is 50.0 Å². The molecule has 0 spiro atoms. The second kappa shape index (κ2) is 25.4. The van der Waals surface area contributed by atoms with Crippen molar-refractivity contribution in [2.24, 2.45) is 5.73 Å². The van der Waals surface area contributed by atoms with E-state index in [2.05, 4.69) is 29.6 Å². The fraction of sp³-hybridized carbons (Fsp3) is 0.840. The lowest BCUT2D eigenvalue weighted by molar-refractivity contribution is -0.140. The second-order valence-electron chi connectivity index (χ2n) is 7.61. The van der Waals surface area contributed by atoms with Gasteiger partial charge in [-0.15, -0.1) is 0 Å². The molecule has 0 rings (SSSR count). The van der Waals surface area contributed by atoms with Gasteiger partial charge < -0.3 is 20.5 Å². The molecule has 0 amide bonds. The van der Waals surface area contributed by atoms with Gasteiger partial charge in [0.1, 0.15) is 0 Å². The second-order valence-corrected chi connectivity index (χ2v) is 7.61. The van der Waals surface area contributed by atoms with Crippen molar-refractivity contribution in [3.8, 4) is 0 Å². The molecule has 0 atom stereocenters. The van der Waals surface area contributed by atoms with Gasteiger partial charge >= 0.3 is 0 Å². The molecule has 0 heterocycles. The minimum Gasteiger partial charge on any atom is -0.353 e. The first-order chi connectivity index (χ1) is 14.3. The topological polar surface area (TPSA) is 56.5 Å². The summed E-state index contributed by atoms with van der Waals surface area (Å²) in [5, 5.41) is 3.44. The molecule has 0 unspecified atom stereocenters. The molecule has 0 aromatic heterocycles. The number of allylic oxidation sites excluding steroid dienone is 4. The van der Waals surface area contributed by atoms with Crippen LogP contribution >= 0.6 is 0 Å². The molecular weight excluding hydrogens is 360 g/mol. The molecule has 0 saturated carbocycles. The van der Waals surface area contributed by atoms with E-state index in [-0.39, 0.29) is 6.29 Å². The van der Waals surface area contributed by atoms with Gasteiger partial charge in [0.05, 0.1) is 0 Å². The van der Waals surface area contributed by atoms with Crippen molar-refractivity contribution < 1.29 is 9.47 Å². The van der Waals surface area contributed by atoms with Gasteiger partial charge in [0, 0.05) is 13.2 Å². The third-order valence-electron chi connectivity index (χ3n) is 4.90. The quantitative estimate of drug-likeness (QED) is 0.121. The molecule has 0 aliphatic heterocycles. The Morgan fingerprint density at radius 3 is 1.86 bits per heavy atom. The molecule has 0 aromatic carbocycles. The van der Waals surface area contributed by atoms with Crippen molar-refractivity contribution in [3.63, 3.8) is 0 Å². The molecule has 0 aliphatic carbocycles. The van der Waals surface area contributed by atoms with Crippen molar-refractivity contribution in [1.82, 2.24) is 5.32 Å². The average Bonchev–Trinajstić information content (AvgIpc) is 2.72. The van der Waals surface area contributed by atoms with Gasteiger partial charge in [-0.25, -0.2) is 0 Å². The van der Waals surface area contributed by atoms with Crippen LogP contribution in [0.1, 0.15) is 97.3 Å². The number of hydrogen-bond acceptors (Lipinski definition) is 4. The zero-order valence-electron chi connectivity index (χ0n) is 19.5. The number of nitrogens with two attached hydrogens (primary N) is 1. The van der Waals surface area contributed by atoms with Crippen LogP contribution < -0.4 is 11.1 Å². The lowest BCUT2D eigenvalue weighted by Gasteiger charge is -2.16. The van der Waals surface area contributed by atoms with Crippen LogP contribution in [-0.2, 0) is 9.47 Å². The first-order valence-electron chi connectivity index (χ1n) is 12.3. The first-order valence-corrected chi connectivity index (χ1v) is 12.3. The molecule has 0 radical (unpaired) electrons. The smallest absolute Gasteiger partial charge is 0.157 e. The van der Waals surface area contributed by atoms with Crippen molar-refractivity contribution in [1.29, 1.82) is 0 Å². The molecule has 0 saturated heterocycles. The predicted octanol–water partition coefficient (Wildman–Crippen LogP) is 6.12. The Morgan fingerprint density at radius 2 is 1.24 bits per heavy atom. The number of ether oxygens (including phenoxy) is 2. The lowest BCUT2D eigenvalue weighted by Crippen LogP contribution is -2.19. The largest absolute Gasteiger partial charge is 0.353 e. The summed E-state index contributed by atoms with van der Waals surface area (Å²) in [6.07, 6.45) is 25.3. The van der Waals surface area contributed by atoms with E-state index in [1.165, 1.54) is 51.4 Å². The first kappa shape index (κ1) is 28.3. The van der Waals surface area contributed by atoms with Crippen molar-refractivity contribution >= 4 is 0 Å². The standard InChI is InChI=1S/C25H50N2O2/c1-3-28-25(29-4-2)21-18-16-14-12-10-8-6-5-7-9-11-13-15-17-19-23-27-24-20-22-26/h5-6,10,12,25,27H,3-4,7-9,11,13-24,26H2,1-2H3. The van der Waals surface area contributed by atoms with E-state index in [4.69, 9.17) is 15.2 Å². The minimum absolute atomic E-state index is 0.0135. The predicted molar refractivity (Wildman–Crippen MR) is 127 cm³/mol. The number of rotatable bonds is 23. The third-order valence-corrected chi connectivity index (χ3v) is 4.90. The van der Waals surface area contributed by atoms with Crippen LogP contribution in [0.2, 0.25) is 0 Å². The highest BCUT2D eigenvalue weighted by Crippen LogP contribution is 2.10. The molecule has 4 nitrogen and oxygen atoms in total. The Bertz CT molecular complexity index is 353. The summed E-state index contributed by atoms with van der Waals surface area (Å²) in [6, 6.07) is 0. The highest BCUT2D eigenvalue weighted by atomic mass is 16.7. The Balaban J connectivity index is 3.31. The molecule has 172 valence electrons. The van der Waals surface area contributed by atoms with E-state index >= 15 is 0 Å². The summed E-state index contributed by atoms with van der Waals surface area (Å²) >= 11 is 0. The van der Waals surface area contributed by atoms with Crippen molar-refractivity contribution in [2.75, 3.05) is 32.8 Å². The maximum atomic E-state index is 5.57. The van der Waals surface area contributed by atoms with Crippen LogP contribution in [0.25, 0.3) is 0 Å². The normalized spacial score (nSPS) is 12.1. The van der Waals surface area contributed by atoms with Gasteiger partial charge in [-0.3, -0.25) is 0 Å². The molecule has 0 aliphatic rings. The van der Waals surface area contributed by atoms with Crippen LogP contribution in [0, 0.1) is 0 Å². The molecule has 0 aromatic rings. The maximum Gasteiger partial charge on any atom is 0.157 e. The van der Waals surface area contributed by atoms with Crippen LogP contribution in [0.3, 0.4) is 0 Å². The van der Waals surface area contributed by atoms with Gasteiger partial charge in [-0.2, -0.15) is 0 Å². The van der Waals surface area contributed by atoms with E-state index < -0.39 is 0 Å². The molecule has 29 heavy (non-hydrogen) atoms. The van der Waals surface area contributed by atoms with Crippen molar-refractivity contribution in [2.45, 2.75) is 104 Å². The number of hydrogen-bond donors (Lipinski definition) is 2. The summed E-state index contributed by atoms with van der Waals surface area (Å²) in [5.41, 5.74) is 5.47. The number of nitrogens with one attached hydrogen (secondary N) is 1. The van der Waals surface area contributed by atoms with Gasteiger partial charge in [0.15, 0.2) is 6.29 Å². The summed E-state index contributed by atoms with van der Waals surface area (Å²) in [4.78, 5) is 0. The number of unbranched alkanes of at least 4 members (excludes halogenated alkanes) is 8. The van der Waals surface area contributed by atoms with Crippen LogP contribution in [-0.4, -0.2) is 39.1 Å². The molecular formula is C25H50N2O2. The zero-order chi connectivity index (χ0) is 21.3. The molecule has 4 heteroatoms. The summed E-state index contributed by atoms with van der Waals surface area (Å²) in [7, 11) is 0. The fourth-order valence-corrected chi connectivity index (χ4v) is 3.24. The fourth-order valence-electron chi connectivity index (χ4n) is 3.24. The van der Waals surface area contributed by atoms with Crippen molar-refractivity contribution in [3.05, 3.63) is 24.3 Å². The highest BCUT2D eigenvalue weighted by Gasteiger charge is 2.06. The van der Waals surface area contributed by atoms with E-state index in [1.807, 2.05) is 13.8 Å². The van der Waals surface area contributed by atoms with Gasteiger partial charge in [0.2, 0.25) is 0 Å². The van der Waals surface area contributed by atoms with E-state index in [1.54, 1.807) is 0 Å². The third kappa shape index (κ3) is 23.5. The zero-order valence-corrected chi connectivity index (χ0v) is 19.5. The van der Waals surface area contributed by atoms with Gasteiger partial charge in [-0.05, 0) is 91.3 Å². The summed E-state index contributed by atoms with van der Waals surface area (Å²) < 4.78 is 11.1.